The van der Waals surface area contributed by atoms with Gasteiger partial charge in [-0.05, 0) is 30.7 Å². The van der Waals surface area contributed by atoms with Crippen molar-refractivity contribution in [3.63, 3.8) is 0 Å². The van der Waals surface area contributed by atoms with Gasteiger partial charge in [-0.2, -0.15) is 5.10 Å². The van der Waals surface area contributed by atoms with Gasteiger partial charge in [0, 0.05) is 29.3 Å². The lowest BCUT2D eigenvalue weighted by molar-refractivity contribution is 0.0915. The molecule has 0 spiro atoms. The second-order valence-corrected chi connectivity index (χ2v) is 5.57. The Morgan fingerprint density at radius 3 is 2.52 bits per heavy atom. The van der Waals surface area contributed by atoms with Gasteiger partial charge in [-0.3, -0.25) is 9.48 Å². The zero-order valence-electron chi connectivity index (χ0n) is 11.6. The van der Waals surface area contributed by atoms with Gasteiger partial charge in [-0.15, -0.1) is 0 Å². The molecule has 0 aliphatic rings. The Labute approximate surface area is 132 Å². The number of halogens is 2. The first kappa shape index (κ1) is 15.8. The summed E-state index contributed by atoms with van der Waals surface area (Å²) in [5, 5.41) is 17.6. The van der Waals surface area contributed by atoms with E-state index in [1.54, 1.807) is 36.9 Å². The van der Waals surface area contributed by atoms with Gasteiger partial charge in [-0.1, -0.05) is 23.2 Å². The number of aliphatic hydroxyl groups excluding tert-OH is 1. The van der Waals surface area contributed by atoms with Gasteiger partial charge >= 0.3 is 0 Å². The average molecular weight is 328 g/mol. The van der Waals surface area contributed by atoms with Gasteiger partial charge in [0.25, 0.3) is 5.91 Å². The summed E-state index contributed by atoms with van der Waals surface area (Å²) >= 11 is 11.8. The standard InChI is InChI=1S/C14H15Cl2N3O2/c1-8-12(6-18-19(8)2)14(21)17-7-13(20)9-3-10(15)5-11(16)4-9/h3-6,13,20H,7H2,1-2H3,(H,17,21). The van der Waals surface area contributed by atoms with Crippen LogP contribution in [0.5, 0.6) is 0 Å². The van der Waals surface area contributed by atoms with E-state index in [-0.39, 0.29) is 12.5 Å². The first-order valence-corrected chi connectivity index (χ1v) is 7.05. The maximum absolute atomic E-state index is 12.0. The molecule has 5 nitrogen and oxygen atoms in total. The molecule has 0 fully saturated rings. The number of hydrogen-bond donors (Lipinski definition) is 2. The highest BCUT2D eigenvalue weighted by Crippen LogP contribution is 2.23. The largest absolute Gasteiger partial charge is 0.387 e. The van der Waals surface area contributed by atoms with Crippen LogP contribution < -0.4 is 5.32 Å². The number of carbonyl (C=O) groups excluding carboxylic acids is 1. The third-order valence-corrected chi connectivity index (χ3v) is 3.64. The molecule has 2 aromatic rings. The Hall–Kier alpha value is -1.56. The van der Waals surface area contributed by atoms with Crippen LogP contribution in [0.15, 0.2) is 24.4 Å². The summed E-state index contributed by atoms with van der Waals surface area (Å²) in [4.78, 5) is 12.0. The molecule has 1 aromatic heterocycles. The minimum atomic E-state index is -0.887. The van der Waals surface area contributed by atoms with Gasteiger partial charge in [0.15, 0.2) is 0 Å². The van der Waals surface area contributed by atoms with Gasteiger partial charge in [0.05, 0.1) is 17.9 Å². The van der Waals surface area contributed by atoms with Crippen molar-refractivity contribution in [1.82, 2.24) is 15.1 Å². The number of aliphatic hydroxyl groups is 1. The van der Waals surface area contributed by atoms with Gasteiger partial charge < -0.3 is 10.4 Å². The fourth-order valence-electron chi connectivity index (χ4n) is 1.89. The number of amides is 1. The van der Waals surface area contributed by atoms with Crippen LogP contribution in [-0.4, -0.2) is 27.3 Å². The van der Waals surface area contributed by atoms with Gasteiger partial charge in [0.2, 0.25) is 0 Å². The van der Waals surface area contributed by atoms with E-state index in [1.807, 2.05) is 0 Å². The van der Waals surface area contributed by atoms with Crippen LogP contribution in [0.25, 0.3) is 0 Å². The van der Waals surface area contributed by atoms with E-state index >= 15 is 0 Å². The summed E-state index contributed by atoms with van der Waals surface area (Å²) < 4.78 is 1.61. The van der Waals surface area contributed by atoms with E-state index in [9.17, 15) is 9.90 Å². The van der Waals surface area contributed by atoms with Crippen molar-refractivity contribution in [2.24, 2.45) is 7.05 Å². The van der Waals surface area contributed by atoms with Crippen molar-refractivity contribution in [2.75, 3.05) is 6.54 Å². The van der Waals surface area contributed by atoms with E-state index < -0.39 is 6.10 Å². The smallest absolute Gasteiger partial charge is 0.254 e. The van der Waals surface area contributed by atoms with Crippen molar-refractivity contribution in [2.45, 2.75) is 13.0 Å². The highest BCUT2D eigenvalue weighted by atomic mass is 35.5. The maximum Gasteiger partial charge on any atom is 0.254 e. The topological polar surface area (TPSA) is 67.2 Å². The Balaban J connectivity index is 2.02. The molecule has 2 N–H and O–H groups in total. The molecular weight excluding hydrogens is 313 g/mol. The molecule has 2 rings (SSSR count). The fourth-order valence-corrected chi connectivity index (χ4v) is 2.43. The van der Waals surface area contributed by atoms with Crippen molar-refractivity contribution in [3.05, 3.63) is 51.3 Å². The molecule has 1 aromatic carbocycles. The summed E-state index contributed by atoms with van der Waals surface area (Å²) in [5.41, 5.74) is 1.79. The number of carbonyl (C=O) groups is 1. The molecule has 0 saturated carbocycles. The lowest BCUT2D eigenvalue weighted by Crippen LogP contribution is -2.28. The van der Waals surface area contributed by atoms with E-state index in [0.717, 1.165) is 5.69 Å². The van der Waals surface area contributed by atoms with Gasteiger partial charge in [-0.25, -0.2) is 0 Å². The van der Waals surface area contributed by atoms with E-state index in [4.69, 9.17) is 23.2 Å². The molecule has 21 heavy (non-hydrogen) atoms. The van der Waals surface area contributed by atoms with Crippen LogP contribution >= 0.6 is 23.2 Å². The molecule has 1 heterocycles. The lowest BCUT2D eigenvalue weighted by Gasteiger charge is -2.13. The fraction of sp³-hybridized carbons (Fsp3) is 0.286. The number of rotatable bonds is 4. The summed E-state index contributed by atoms with van der Waals surface area (Å²) in [6.07, 6.45) is 0.606. The number of aryl methyl sites for hydroxylation is 1. The second kappa shape index (κ2) is 6.47. The molecule has 0 aliphatic carbocycles. The Morgan fingerprint density at radius 1 is 1.38 bits per heavy atom. The normalized spacial score (nSPS) is 12.2. The second-order valence-electron chi connectivity index (χ2n) is 4.70. The number of nitrogens with one attached hydrogen (secondary N) is 1. The number of aromatic nitrogens is 2. The quantitative estimate of drug-likeness (QED) is 0.906. The molecule has 0 saturated heterocycles. The van der Waals surface area contributed by atoms with E-state index in [2.05, 4.69) is 10.4 Å². The minimum Gasteiger partial charge on any atom is -0.387 e. The summed E-state index contributed by atoms with van der Waals surface area (Å²) in [5.74, 6) is -0.284. The van der Waals surface area contributed by atoms with Crippen LogP contribution in [0, 0.1) is 6.92 Å². The number of benzene rings is 1. The summed E-state index contributed by atoms with van der Waals surface area (Å²) in [6.45, 7) is 1.86. The Kier molecular flexibility index (Phi) is 4.88. The molecule has 0 radical (unpaired) electrons. The minimum absolute atomic E-state index is 0.0594. The molecular formula is C14H15Cl2N3O2. The van der Waals surface area contributed by atoms with Gasteiger partial charge in [0.1, 0.15) is 0 Å². The van der Waals surface area contributed by atoms with Crippen LogP contribution in [0.3, 0.4) is 0 Å². The van der Waals surface area contributed by atoms with Crippen LogP contribution in [0.4, 0.5) is 0 Å². The van der Waals surface area contributed by atoms with Crippen molar-refractivity contribution in [1.29, 1.82) is 0 Å². The van der Waals surface area contributed by atoms with Crippen LogP contribution in [0.2, 0.25) is 10.0 Å². The molecule has 0 aliphatic heterocycles. The molecule has 0 bridgehead atoms. The Morgan fingerprint density at radius 2 is 2.00 bits per heavy atom. The monoisotopic (exact) mass is 327 g/mol. The first-order chi connectivity index (χ1) is 9.88. The van der Waals surface area contributed by atoms with Crippen molar-refractivity contribution in [3.8, 4) is 0 Å². The maximum atomic E-state index is 12.0. The summed E-state index contributed by atoms with van der Waals surface area (Å²) in [7, 11) is 1.76. The number of hydrogen-bond acceptors (Lipinski definition) is 3. The zero-order valence-corrected chi connectivity index (χ0v) is 13.1. The predicted octanol–water partition coefficient (Wildman–Crippen LogP) is 2.50. The SMILES string of the molecule is Cc1c(C(=O)NCC(O)c2cc(Cl)cc(Cl)c2)cnn1C. The van der Waals surface area contributed by atoms with Crippen LogP contribution in [-0.2, 0) is 7.05 Å². The predicted molar refractivity (Wildman–Crippen MR) is 81.7 cm³/mol. The summed E-state index contributed by atoms with van der Waals surface area (Å²) in [6, 6.07) is 4.80. The van der Waals surface area contributed by atoms with E-state index in [1.165, 1.54) is 6.20 Å². The number of nitrogens with zero attached hydrogens (tertiary/aromatic N) is 2. The molecule has 1 unspecified atom stereocenters. The molecule has 1 amide bonds. The van der Waals surface area contributed by atoms with Crippen molar-refractivity contribution < 1.29 is 9.90 Å². The zero-order chi connectivity index (χ0) is 15.6. The molecule has 7 heteroatoms. The first-order valence-electron chi connectivity index (χ1n) is 6.29. The third-order valence-electron chi connectivity index (χ3n) is 3.21. The molecule has 1 atom stereocenters. The highest BCUT2D eigenvalue weighted by molar-refractivity contribution is 6.34. The third kappa shape index (κ3) is 3.75. The highest BCUT2D eigenvalue weighted by Gasteiger charge is 2.15. The average Bonchev–Trinajstić information content (AvgIpc) is 2.75. The van der Waals surface area contributed by atoms with E-state index in [0.29, 0.717) is 21.2 Å². The molecule has 112 valence electrons. The lowest BCUT2D eigenvalue weighted by atomic mass is 10.1. The van der Waals surface area contributed by atoms with Crippen molar-refractivity contribution >= 4 is 29.1 Å². The van der Waals surface area contributed by atoms with Crippen LogP contribution in [0.1, 0.15) is 27.7 Å². The Bertz CT molecular complexity index is 650.